The van der Waals surface area contributed by atoms with E-state index in [9.17, 15) is 44.4 Å². The number of nitrogens with two attached hydrogens (primary N) is 1. The molecule has 4 unspecified atom stereocenters. The van der Waals surface area contributed by atoms with Crippen molar-refractivity contribution in [3.8, 4) is 11.5 Å². The van der Waals surface area contributed by atoms with Gasteiger partial charge in [-0.1, -0.05) is 54.6 Å². The predicted octanol–water partition coefficient (Wildman–Crippen LogP) is 0.467. The Kier molecular flexibility index (Phi) is 11.8. The van der Waals surface area contributed by atoms with Crippen LogP contribution in [0.2, 0.25) is 0 Å². The molecule has 0 heterocycles. The fraction of sp³-hybridized carbons (Fsp3) is 0.258. The highest BCUT2D eigenvalue weighted by Crippen LogP contribution is 2.13. The fourth-order valence-electron chi connectivity index (χ4n) is 4.31. The maximum Gasteiger partial charge on any atom is 0.326 e. The maximum atomic E-state index is 13.4. The van der Waals surface area contributed by atoms with Gasteiger partial charge in [0.05, 0.1) is 12.5 Å². The summed E-state index contributed by atoms with van der Waals surface area (Å²) in [6, 6.07) is 14.7. The zero-order valence-electron chi connectivity index (χ0n) is 23.6. The third kappa shape index (κ3) is 10.4. The van der Waals surface area contributed by atoms with Gasteiger partial charge in [0.25, 0.3) is 0 Å². The van der Waals surface area contributed by atoms with Gasteiger partial charge in [-0.2, -0.15) is 0 Å². The van der Waals surface area contributed by atoms with E-state index in [1.165, 1.54) is 36.4 Å². The van der Waals surface area contributed by atoms with Crippen LogP contribution in [-0.4, -0.2) is 74.3 Å². The zero-order valence-corrected chi connectivity index (χ0v) is 23.6. The van der Waals surface area contributed by atoms with Gasteiger partial charge in [-0.25, -0.2) is 4.79 Å². The highest BCUT2D eigenvalue weighted by Gasteiger charge is 2.32. The molecule has 9 N–H and O–H groups in total. The summed E-state index contributed by atoms with van der Waals surface area (Å²) in [4.78, 5) is 63.1. The molecule has 0 aliphatic heterocycles. The molecule has 0 aliphatic rings. The predicted molar refractivity (Wildman–Crippen MR) is 157 cm³/mol. The van der Waals surface area contributed by atoms with Crippen molar-refractivity contribution in [1.82, 2.24) is 16.0 Å². The van der Waals surface area contributed by atoms with E-state index < -0.39 is 60.2 Å². The van der Waals surface area contributed by atoms with Gasteiger partial charge in [-0.15, -0.1) is 0 Å². The van der Waals surface area contributed by atoms with Crippen molar-refractivity contribution in [3.05, 3.63) is 95.6 Å². The summed E-state index contributed by atoms with van der Waals surface area (Å²) in [5.74, 6) is -5.44. The maximum absolute atomic E-state index is 13.4. The summed E-state index contributed by atoms with van der Waals surface area (Å²) in [6.07, 6.45) is -0.998. The van der Waals surface area contributed by atoms with Gasteiger partial charge in [-0.3, -0.25) is 19.2 Å². The molecule has 0 fully saturated rings. The number of phenols is 2. The van der Waals surface area contributed by atoms with Crippen LogP contribution in [0.25, 0.3) is 0 Å². The Morgan fingerprint density at radius 2 is 1.00 bits per heavy atom. The van der Waals surface area contributed by atoms with E-state index in [4.69, 9.17) is 5.73 Å². The van der Waals surface area contributed by atoms with Gasteiger partial charge in [-0.05, 0) is 47.4 Å². The number of nitrogens with one attached hydrogen (secondary N) is 3. The van der Waals surface area contributed by atoms with Crippen LogP contribution in [0.3, 0.4) is 0 Å². The number of aromatic hydroxyl groups is 2. The van der Waals surface area contributed by atoms with Crippen LogP contribution in [0.15, 0.2) is 78.9 Å². The molecule has 0 saturated heterocycles. The molecule has 3 aromatic rings. The first kappa shape index (κ1) is 33.1. The number of rotatable bonds is 15. The van der Waals surface area contributed by atoms with Crippen LogP contribution in [0.1, 0.15) is 23.1 Å². The van der Waals surface area contributed by atoms with E-state index in [1.54, 1.807) is 42.5 Å². The minimum Gasteiger partial charge on any atom is -0.508 e. The first-order valence-electron chi connectivity index (χ1n) is 13.6. The van der Waals surface area contributed by atoms with E-state index in [0.29, 0.717) is 16.7 Å². The Hall–Kier alpha value is -5.43. The van der Waals surface area contributed by atoms with Crippen LogP contribution in [0.4, 0.5) is 0 Å². The summed E-state index contributed by atoms with van der Waals surface area (Å²) in [7, 11) is 0. The number of carbonyl (C=O) groups excluding carboxylic acids is 3. The molecule has 3 aromatic carbocycles. The second kappa shape index (κ2) is 15.7. The van der Waals surface area contributed by atoms with Crippen molar-refractivity contribution < 1.29 is 44.4 Å². The molecule has 44 heavy (non-hydrogen) atoms. The van der Waals surface area contributed by atoms with Crippen molar-refractivity contribution >= 4 is 29.7 Å². The van der Waals surface area contributed by atoms with E-state index >= 15 is 0 Å². The lowest BCUT2D eigenvalue weighted by Gasteiger charge is -2.25. The zero-order chi connectivity index (χ0) is 32.2. The third-order valence-corrected chi connectivity index (χ3v) is 6.65. The number of aliphatic carboxylic acids is 2. The first-order chi connectivity index (χ1) is 20.9. The number of amides is 3. The average molecular weight is 607 g/mol. The van der Waals surface area contributed by atoms with Gasteiger partial charge >= 0.3 is 11.9 Å². The number of carboxylic acid groups (broad SMARTS) is 2. The molecule has 0 radical (unpaired) electrons. The van der Waals surface area contributed by atoms with Crippen LogP contribution >= 0.6 is 0 Å². The minimum absolute atomic E-state index is 0.0191. The molecular weight excluding hydrogens is 572 g/mol. The van der Waals surface area contributed by atoms with E-state index in [0.717, 1.165) is 0 Å². The molecule has 0 bridgehead atoms. The Morgan fingerprint density at radius 1 is 0.568 bits per heavy atom. The Labute approximate surface area is 252 Å². The third-order valence-electron chi connectivity index (χ3n) is 6.65. The van der Waals surface area contributed by atoms with Crippen molar-refractivity contribution in [2.75, 3.05) is 0 Å². The topological polar surface area (TPSA) is 228 Å². The smallest absolute Gasteiger partial charge is 0.326 e. The van der Waals surface area contributed by atoms with Crippen LogP contribution in [-0.2, 0) is 43.2 Å². The lowest BCUT2D eigenvalue weighted by atomic mass is 10.0. The number of carboxylic acids is 2. The summed E-state index contributed by atoms with van der Waals surface area (Å²) in [5, 5.41) is 45.4. The molecule has 0 saturated carbocycles. The highest BCUT2D eigenvalue weighted by molar-refractivity contribution is 5.95. The Morgan fingerprint density at radius 3 is 1.52 bits per heavy atom. The largest absolute Gasteiger partial charge is 0.508 e. The van der Waals surface area contributed by atoms with Crippen LogP contribution < -0.4 is 21.7 Å². The van der Waals surface area contributed by atoms with Crippen molar-refractivity contribution in [2.24, 2.45) is 5.73 Å². The first-order valence-corrected chi connectivity index (χ1v) is 13.6. The monoisotopic (exact) mass is 606 g/mol. The number of hydrogen-bond donors (Lipinski definition) is 8. The summed E-state index contributed by atoms with van der Waals surface area (Å²) in [6.45, 7) is 0. The normalized spacial score (nSPS) is 13.5. The molecule has 0 aliphatic carbocycles. The fourth-order valence-corrected chi connectivity index (χ4v) is 4.31. The molecule has 13 heteroatoms. The van der Waals surface area contributed by atoms with Gasteiger partial charge in [0.15, 0.2) is 0 Å². The standard InChI is InChI=1S/C31H34N4O9/c32-23(14-19-6-10-21(36)11-7-19)28(40)33-25(17-27(38)39)30(42)34-24(15-20-8-12-22(37)13-9-20)29(41)35-26(31(43)44)16-18-4-2-1-3-5-18/h1-13,23-26,36-37H,14-17,32H2,(H,33,40)(H,34,42)(H,35,41)(H,38,39)(H,43,44). The summed E-state index contributed by atoms with van der Waals surface area (Å²) < 4.78 is 0. The molecule has 232 valence electrons. The van der Waals surface area contributed by atoms with E-state index in [-0.39, 0.29) is 30.8 Å². The van der Waals surface area contributed by atoms with Gasteiger partial charge in [0, 0.05) is 12.8 Å². The second-order valence-corrected chi connectivity index (χ2v) is 10.2. The molecule has 4 atom stereocenters. The summed E-state index contributed by atoms with van der Waals surface area (Å²) in [5.41, 5.74) is 7.73. The molecule has 3 rings (SSSR count). The number of hydrogen-bond acceptors (Lipinski definition) is 8. The molecule has 3 amide bonds. The highest BCUT2D eigenvalue weighted by atomic mass is 16.4. The molecular formula is C31H34N4O9. The second-order valence-electron chi connectivity index (χ2n) is 10.2. The van der Waals surface area contributed by atoms with E-state index in [2.05, 4.69) is 16.0 Å². The number of carbonyl (C=O) groups is 5. The lowest BCUT2D eigenvalue weighted by Crippen LogP contribution is -2.58. The summed E-state index contributed by atoms with van der Waals surface area (Å²) >= 11 is 0. The molecule has 13 nitrogen and oxygen atoms in total. The van der Waals surface area contributed by atoms with Crippen molar-refractivity contribution in [1.29, 1.82) is 0 Å². The quantitative estimate of drug-likeness (QED) is 0.119. The number of phenolic OH excluding ortho intramolecular Hbond substituents is 2. The van der Waals surface area contributed by atoms with Gasteiger partial charge in [0.1, 0.15) is 29.6 Å². The Bertz CT molecular complexity index is 1450. The average Bonchev–Trinajstić information content (AvgIpc) is 2.98. The number of benzene rings is 3. The minimum atomic E-state index is -1.62. The van der Waals surface area contributed by atoms with Crippen molar-refractivity contribution in [2.45, 2.75) is 49.9 Å². The van der Waals surface area contributed by atoms with Crippen LogP contribution in [0.5, 0.6) is 11.5 Å². The van der Waals surface area contributed by atoms with E-state index in [1.807, 2.05) is 0 Å². The van der Waals surface area contributed by atoms with Crippen molar-refractivity contribution in [3.63, 3.8) is 0 Å². The van der Waals surface area contributed by atoms with Gasteiger partial charge < -0.3 is 42.1 Å². The lowest BCUT2D eigenvalue weighted by molar-refractivity contribution is -0.143. The SMILES string of the molecule is NC(Cc1ccc(O)cc1)C(=O)NC(CC(=O)O)C(=O)NC(Cc1ccc(O)cc1)C(=O)NC(Cc1ccccc1)C(=O)O. The van der Waals surface area contributed by atoms with Crippen LogP contribution in [0, 0.1) is 0 Å². The Balaban J connectivity index is 1.78. The molecule has 0 aromatic heterocycles. The van der Waals surface area contributed by atoms with Gasteiger partial charge in [0.2, 0.25) is 17.7 Å². The molecule has 0 spiro atoms.